The first-order valence-electron chi connectivity index (χ1n) is 3.77. The molecule has 0 aliphatic heterocycles. The van der Waals surface area contributed by atoms with Crippen molar-refractivity contribution in [2.45, 2.75) is 5.88 Å². The molecule has 4 heteroatoms. The van der Waals surface area contributed by atoms with Crippen LogP contribution in [0.2, 0.25) is 0 Å². The van der Waals surface area contributed by atoms with Crippen molar-refractivity contribution >= 4 is 29.1 Å². The van der Waals surface area contributed by atoms with Crippen LogP contribution < -0.4 is 5.32 Å². The highest BCUT2D eigenvalue weighted by atomic mass is 35.5. The van der Waals surface area contributed by atoms with Gasteiger partial charge in [-0.2, -0.15) is 0 Å². The molecule has 1 aromatic rings. The van der Waals surface area contributed by atoms with Crippen molar-refractivity contribution in [3.63, 3.8) is 0 Å². The van der Waals surface area contributed by atoms with E-state index < -0.39 is 0 Å². The van der Waals surface area contributed by atoms with Gasteiger partial charge in [-0.05, 0) is 17.7 Å². The molecular weight excluding hydrogens is 209 g/mol. The predicted octanol–water partition coefficient (Wildman–Crippen LogP) is 2.35. The molecule has 2 nitrogen and oxygen atoms in total. The van der Waals surface area contributed by atoms with E-state index in [4.69, 9.17) is 23.2 Å². The van der Waals surface area contributed by atoms with E-state index in [0.717, 1.165) is 5.56 Å². The zero-order chi connectivity index (χ0) is 9.68. The van der Waals surface area contributed by atoms with Crippen LogP contribution in [0.25, 0.3) is 0 Å². The number of benzene rings is 1. The second-order valence-corrected chi connectivity index (χ2v) is 3.01. The van der Waals surface area contributed by atoms with Crippen LogP contribution in [0.3, 0.4) is 0 Å². The molecule has 1 amide bonds. The van der Waals surface area contributed by atoms with Gasteiger partial charge in [0.1, 0.15) is 0 Å². The maximum absolute atomic E-state index is 11.3. The first-order valence-corrected chi connectivity index (χ1v) is 4.84. The van der Waals surface area contributed by atoms with Gasteiger partial charge in [0.2, 0.25) is 0 Å². The molecular formula is C9H9Cl2NO. The minimum Gasteiger partial charge on any atom is -0.339 e. The van der Waals surface area contributed by atoms with Crippen LogP contribution in [-0.2, 0) is 5.88 Å². The minimum atomic E-state index is -0.179. The molecule has 0 spiro atoms. The first kappa shape index (κ1) is 10.4. The van der Waals surface area contributed by atoms with Crippen molar-refractivity contribution in [1.82, 2.24) is 5.32 Å². The molecule has 0 fully saturated rings. The van der Waals surface area contributed by atoms with E-state index in [1.165, 1.54) is 0 Å². The van der Waals surface area contributed by atoms with E-state index >= 15 is 0 Å². The third kappa shape index (κ3) is 2.90. The van der Waals surface area contributed by atoms with Gasteiger partial charge >= 0.3 is 0 Å². The predicted molar refractivity (Wildman–Crippen MR) is 54.2 cm³/mol. The summed E-state index contributed by atoms with van der Waals surface area (Å²) in [5, 5.41) is 2.50. The lowest BCUT2D eigenvalue weighted by Crippen LogP contribution is -2.21. The molecule has 0 atom stereocenters. The SMILES string of the molecule is O=C(NCCl)c1cccc(CCl)c1. The fourth-order valence-corrected chi connectivity index (χ4v) is 1.25. The molecule has 0 bridgehead atoms. The van der Waals surface area contributed by atoms with Gasteiger partial charge in [-0.25, -0.2) is 0 Å². The fourth-order valence-electron chi connectivity index (χ4n) is 0.958. The van der Waals surface area contributed by atoms with Gasteiger partial charge in [-0.3, -0.25) is 4.79 Å². The summed E-state index contributed by atoms with van der Waals surface area (Å²) < 4.78 is 0. The van der Waals surface area contributed by atoms with E-state index in [9.17, 15) is 4.79 Å². The highest BCUT2D eigenvalue weighted by Crippen LogP contribution is 2.07. The van der Waals surface area contributed by atoms with Crippen molar-refractivity contribution in [2.24, 2.45) is 0 Å². The summed E-state index contributed by atoms with van der Waals surface area (Å²) in [4.78, 5) is 11.3. The molecule has 0 heterocycles. The summed E-state index contributed by atoms with van der Waals surface area (Å²) >= 11 is 11.0. The Bertz CT molecular complexity index is 301. The smallest absolute Gasteiger partial charge is 0.252 e. The van der Waals surface area contributed by atoms with Crippen molar-refractivity contribution < 1.29 is 4.79 Å². The number of amides is 1. The third-order valence-electron chi connectivity index (χ3n) is 1.57. The first-order chi connectivity index (χ1) is 6.27. The molecule has 1 aromatic carbocycles. The number of nitrogens with one attached hydrogen (secondary N) is 1. The minimum absolute atomic E-state index is 0.115. The lowest BCUT2D eigenvalue weighted by molar-refractivity contribution is 0.0960. The fraction of sp³-hybridized carbons (Fsp3) is 0.222. The topological polar surface area (TPSA) is 29.1 Å². The standard InChI is InChI=1S/C9H9Cl2NO/c10-5-7-2-1-3-8(4-7)9(13)12-6-11/h1-4H,5-6H2,(H,12,13). The molecule has 13 heavy (non-hydrogen) atoms. The van der Waals surface area contributed by atoms with Gasteiger partial charge in [0, 0.05) is 11.4 Å². The van der Waals surface area contributed by atoms with Gasteiger partial charge in [0.25, 0.3) is 5.91 Å². The number of rotatable bonds is 3. The summed E-state index contributed by atoms with van der Waals surface area (Å²) in [5.74, 6) is 0.226. The summed E-state index contributed by atoms with van der Waals surface area (Å²) in [5.41, 5.74) is 1.50. The van der Waals surface area contributed by atoms with Gasteiger partial charge < -0.3 is 5.32 Å². The number of hydrogen-bond donors (Lipinski definition) is 1. The van der Waals surface area contributed by atoms with Crippen molar-refractivity contribution in [2.75, 3.05) is 6.00 Å². The summed E-state index contributed by atoms with van der Waals surface area (Å²) in [7, 11) is 0. The van der Waals surface area contributed by atoms with Gasteiger partial charge in [-0.1, -0.05) is 12.1 Å². The zero-order valence-electron chi connectivity index (χ0n) is 6.89. The molecule has 70 valence electrons. The Hall–Kier alpha value is -0.730. The molecule has 0 saturated heterocycles. The molecule has 0 aliphatic rings. The van der Waals surface area contributed by atoms with Crippen LogP contribution >= 0.6 is 23.2 Å². The van der Waals surface area contributed by atoms with Gasteiger partial charge in [0.05, 0.1) is 6.00 Å². The summed E-state index contributed by atoms with van der Waals surface area (Å²) in [6, 6.07) is 7.24. The number of halogens is 2. The van der Waals surface area contributed by atoms with Crippen LogP contribution in [0.1, 0.15) is 15.9 Å². The molecule has 0 saturated carbocycles. The molecule has 0 unspecified atom stereocenters. The van der Waals surface area contributed by atoms with Crippen LogP contribution in [0.4, 0.5) is 0 Å². The van der Waals surface area contributed by atoms with Crippen LogP contribution in [0.15, 0.2) is 24.3 Å². The maximum Gasteiger partial charge on any atom is 0.252 e. The normalized spacial score (nSPS) is 9.69. The third-order valence-corrected chi connectivity index (χ3v) is 2.01. The van der Waals surface area contributed by atoms with E-state index in [0.29, 0.717) is 11.4 Å². The monoisotopic (exact) mass is 217 g/mol. The number of carbonyl (C=O) groups is 1. The van der Waals surface area contributed by atoms with Gasteiger partial charge in [-0.15, -0.1) is 23.2 Å². The average Bonchev–Trinajstić information content (AvgIpc) is 2.18. The Morgan fingerprint density at radius 1 is 1.38 bits per heavy atom. The Labute approximate surface area is 86.8 Å². The second kappa shape index (κ2) is 5.10. The largest absolute Gasteiger partial charge is 0.339 e. The lowest BCUT2D eigenvalue weighted by atomic mass is 10.1. The Kier molecular flexibility index (Phi) is 4.06. The van der Waals surface area contributed by atoms with Crippen molar-refractivity contribution in [1.29, 1.82) is 0 Å². The number of carbonyl (C=O) groups excluding carboxylic acids is 1. The molecule has 1 rings (SSSR count). The van der Waals surface area contributed by atoms with Gasteiger partial charge in [0.15, 0.2) is 0 Å². The maximum atomic E-state index is 11.3. The van der Waals surface area contributed by atoms with E-state index in [1.54, 1.807) is 18.2 Å². The molecule has 0 aliphatic carbocycles. The summed E-state index contributed by atoms with van der Waals surface area (Å²) in [6.45, 7) is 0. The zero-order valence-corrected chi connectivity index (χ0v) is 8.40. The van der Waals surface area contributed by atoms with Crippen molar-refractivity contribution in [3.8, 4) is 0 Å². The Morgan fingerprint density at radius 2 is 2.15 bits per heavy atom. The van der Waals surface area contributed by atoms with E-state index in [-0.39, 0.29) is 11.9 Å². The molecule has 1 N–H and O–H groups in total. The second-order valence-electron chi connectivity index (χ2n) is 2.47. The van der Waals surface area contributed by atoms with Crippen LogP contribution in [-0.4, -0.2) is 11.9 Å². The molecule has 0 aromatic heterocycles. The Balaban J connectivity index is 2.82. The average molecular weight is 218 g/mol. The highest BCUT2D eigenvalue weighted by molar-refractivity contribution is 6.19. The summed E-state index contributed by atoms with van der Waals surface area (Å²) in [6.07, 6.45) is 0. The highest BCUT2D eigenvalue weighted by Gasteiger charge is 2.03. The lowest BCUT2D eigenvalue weighted by Gasteiger charge is -2.02. The number of hydrogen-bond acceptors (Lipinski definition) is 1. The van der Waals surface area contributed by atoms with Crippen LogP contribution in [0.5, 0.6) is 0 Å². The number of alkyl halides is 2. The van der Waals surface area contributed by atoms with Crippen LogP contribution in [0, 0.1) is 0 Å². The quantitative estimate of drug-likeness (QED) is 0.612. The van der Waals surface area contributed by atoms with Crippen molar-refractivity contribution in [3.05, 3.63) is 35.4 Å². The van der Waals surface area contributed by atoms with E-state index in [2.05, 4.69) is 5.32 Å². The van der Waals surface area contributed by atoms with E-state index in [1.807, 2.05) is 6.07 Å². The Morgan fingerprint density at radius 3 is 2.77 bits per heavy atom. The molecule has 0 radical (unpaired) electrons.